The van der Waals surface area contributed by atoms with E-state index in [0.29, 0.717) is 61.5 Å². The molecular weight excluding hydrogens is 463 g/mol. The summed E-state index contributed by atoms with van der Waals surface area (Å²) in [6.07, 6.45) is 0.884. The Kier molecular flexibility index (Phi) is 8.57. The van der Waals surface area contributed by atoms with E-state index in [-0.39, 0.29) is 17.4 Å². The maximum atomic E-state index is 12.6. The van der Waals surface area contributed by atoms with Crippen LogP contribution in [0.2, 0.25) is 10.0 Å². The number of ether oxygens (including phenoxy) is 2. The van der Waals surface area contributed by atoms with Crippen LogP contribution in [0.4, 0.5) is 0 Å². The molecular formula is C21H24Cl2N2O5S. The summed E-state index contributed by atoms with van der Waals surface area (Å²) in [7, 11) is -3.52. The second-order valence-electron chi connectivity index (χ2n) is 6.93. The predicted molar refractivity (Wildman–Crippen MR) is 119 cm³/mol. The van der Waals surface area contributed by atoms with Gasteiger partial charge in [-0.1, -0.05) is 29.3 Å². The van der Waals surface area contributed by atoms with Gasteiger partial charge in [0.1, 0.15) is 12.4 Å². The first-order chi connectivity index (χ1) is 14.9. The first-order valence-electron chi connectivity index (χ1n) is 9.87. The van der Waals surface area contributed by atoms with Crippen LogP contribution >= 0.6 is 23.2 Å². The van der Waals surface area contributed by atoms with Gasteiger partial charge in [-0.25, -0.2) is 8.42 Å². The number of amides is 1. The van der Waals surface area contributed by atoms with E-state index in [1.165, 1.54) is 16.4 Å². The van der Waals surface area contributed by atoms with Crippen molar-refractivity contribution in [3.05, 3.63) is 58.1 Å². The van der Waals surface area contributed by atoms with Gasteiger partial charge in [0.05, 0.1) is 34.7 Å². The quantitative estimate of drug-likeness (QED) is 0.550. The number of hydrogen-bond acceptors (Lipinski definition) is 5. The first kappa shape index (κ1) is 23.8. The van der Waals surface area contributed by atoms with Gasteiger partial charge in [-0.3, -0.25) is 4.79 Å². The summed E-state index contributed by atoms with van der Waals surface area (Å²) < 4.78 is 37.4. The first-order valence-corrected chi connectivity index (χ1v) is 12.1. The third-order valence-electron chi connectivity index (χ3n) is 4.75. The minimum Gasteiger partial charge on any atom is -0.492 e. The molecule has 0 aromatic heterocycles. The SMILES string of the molecule is O=C(CCc1ccc(Cl)c(Cl)c1)NCCOc1ccc(S(=O)(=O)N2CCOCC2)cc1. The molecule has 10 heteroatoms. The fourth-order valence-electron chi connectivity index (χ4n) is 3.04. The fraction of sp³-hybridized carbons (Fsp3) is 0.381. The van der Waals surface area contributed by atoms with Crippen molar-refractivity contribution in [1.82, 2.24) is 9.62 Å². The summed E-state index contributed by atoms with van der Waals surface area (Å²) in [6.45, 7) is 2.12. The molecule has 1 fully saturated rings. The molecule has 2 aromatic carbocycles. The van der Waals surface area contributed by atoms with E-state index in [1.807, 2.05) is 6.07 Å². The fourth-order valence-corrected chi connectivity index (χ4v) is 4.77. The zero-order chi connectivity index (χ0) is 22.3. The average Bonchev–Trinajstić information content (AvgIpc) is 2.78. The Labute approximate surface area is 192 Å². The number of morpholine rings is 1. The lowest BCUT2D eigenvalue weighted by Gasteiger charge is -2.26. The number of carbonyl (C=O) groups is 1. The molecule has 2 aromatic rings. The number of sulfonamides is 1. The van der Waals surface area contributed by atoms with Crippen LogP contribution in [-0.4, -0.2) is 58.1 Å². The van der Waals surface area contributed by atoms with Gasteiger partial charge in [-0.15, -0.1) is 0 Å². The van der Waals surface area contributed by atoms with Crippen molar-refractivity contribution in [3.8, 4) is 5.75 Å². The van der Waals surface area contributed by atoms with Crippen LogP contribution in [-0.2, 0) is 26.0 Å². The number of nitrogens with zero attached hydrogens (tertiary/aromatic N) is 1. The molecule has 3 rings (SSSR count). The van der Waals surface area contributed by atoms with Gasteiger partial charge >= 0.3 is 0 Å². The van der Waals surface area contributed by atoms with Crippen LogP contribution in [0.3, 0.4) is 0 Å². The Hall–Kier alpha value is -1.84. The van der Waals surface area contributed by atoms with Crippen molar-refractivity contribution in [3.63, 3.8) is 0 Å². The summed E-state index contributed by atoms with van der Waals surface area (Å²) in [6, 6.07) is 11.6. The molecule has 7 nitrogen and oxygen atoms in total. The average molecular weight is 487 g/mol. The van der Waals surface area contributed by atoms with Gasteiger partial charge in [-0.2, -0.15) is 4.31 Å². The lowest BCUT2D eigenvalue weighted by Crippen LogP contribution is -2.40. The highest BCUT2D eigenvalue weighted by Gasteiger charge is 2.26. The molecule has 168 valence electrons. The monoisotopic (exact) mass is 486 g/mol. The van der Waals surface area contributed by atoms with Crippen molar-refractivity contribution in [1.29, 1.82) is 0 Å². The summed E-state index contributed by atoms with van der Waals surface area (Å²) in [5.74, 6) is 0.438. The molecule has 1 heterocycles. The molecule has 0 aliphatic carbocycles. The highest BCUT2D eigenvalue weighted by atomic mass is 35.5. The molecule has 0 atom stereocenters. The summed E-state index contributed by atoms with van der Waals surface area (Å²) in [5.41, 5.74) is 0.938. The summed E-state index contributed by atoms with van der Waals surface area (Å²) in [4.78, 5) is 12.2. The van der Waals surface area contributed by atoms with Gasteiger partial charge in [0.15, 0.2) is 0 Å². The van der Waals surface area contributed by atoms with Crippen LogP contribution in [0.5, 0.6) is 5.75 Å². The van der Waals surface area contributed by atoms with Crippen molar-refractivity contribution < 1.29 is 22.7 Å². The Morgan fingerprint density at radius 2 is 1.77 bits per heavy atom. The van der Waals surface area contributed by atoms with Crippen LogP contribution in [0.25, 0.3) is 0 Å². The molecule has 0 bridgehead atoms. The van der Waals surface area contributed by atoms with Crippen LogP contribution in [0, 0.1) is 0 Å². The van der Waals surface area contributed by atoms with E-state index in [4.69, 9.17) is 32.7 Å². The van der Waals surface area contributed by atoms with Crippen molar-refractivity contribution in [2.45, 2.75) is 17.7 Å². The molecule has 1 amide bonds. The number of nitrogens with one attached hydrogen (secondary N) is 1. The molecule has 0 radical (unpaired) electrons. The topological polar surface area (TPSA) is 84.9 Å². The van der Waals surface area contributed by atoms with E-state index >= 15 is 0 Å². The maximum Gasteiger partial charge on any atom is 0.243 e. The summed E-state index contributed by atoms with van der Waals surface area (Å²) >= 11 is 11.9. The van der Waals surface area contributed by atoms with E-state index in [0.717, 1.165) is 5.56 Å². The number of benzene rings is 2. The molecule has 1 aliphatic heterocycles. The predicted octanol–water partition coefficient (Wildman–Crippen LogP) is 3.14. The number of carbonyl (C=O) groups excluding carboxylic acids is 1. The Morgan fingerprint density at radius 3 is 2.45 bits per heavy atom. The zero-order valence-electron chi connectivity index (χ0n) is 16.9. The van der Waals surface area contributed by atoms with Gasteiger partial charge in [-0.05, 0) is 48.4 Å². The number of halogens is 2. The molecule has 1 N–H and O–H groups in total. The third kappa shape index (κ3) is 6.82. The lowest BCUT2D eigenvalue weighted by atomic mass is 10.1. The minimum atomic E-state index is -3.52. The Bertz CT molecular complexity index is 993. The standard InChI is InChI=1S/C21H24Cl2N2O5S/c22-19-7-1-16(15-20(19)23)2-8-21(26)24-9-12-30-17-3-5-18(6-4-17)31(27,28)25-10-13-29-14-11-25/h1,3-7,15H,2,8-14H2,(H,24,26). The Morgan fingerprint density at radius 1 is 1.06 bits per heavy atom. The highest BCUT2D eigenvalue weighted by Crippen LogP contribution is 2.23. The summed E-state index contributed by atoms with van der Waals surface area (Å²) in [5, 5.41) is 3.74. The lowest BCUT2D eigenvalue weighted by molar-refractivity contribution is -0.121. The highest BCUT2D eigenvalue weighted by molar-refractivity contribution is 7.89. The smallest absolute Gasteiger partial charge is 0.243 e. The number of rotatable bonds is 9. The molecule has 0 unspecified atom stereocenters. The van der Waals surface area contributed by atoms with Crippen LogP contribution in [0.1, 0.15) is 12.0 Å². The van der Waals surface area contributed by atoms with Crippen molar-refractivity contribution in [2.75, 3.05) is 39.5 Å². The molecule has 0 saturated carbocycles. The van der Waals surface area contributed by atoms with Gasteiger partial charge < -0.3 is 14.8 Å². The molecule has 1 aliphatic rings. The van der Waals surface area contributed by atoms with Crippen molar-refractivity contribution in [2.24, 2.45) is 0 Å². The zero-order valence-corrected chi connectivity index (χ0v) is 19.2. The number of aryl methyl sites for hydroxylation is 1. The molecule has 31 heavy (non-hydrogen) atoms. The normalized spacial score (nSPS) is 14.9. The van der Waals surface area contributed by atoms with E-state index in [1.54, 1.807) is 24.3 Å². The second-order valence-corrected chi connectivity index (χ2v) is 9.69. The maximum absolute atomic E-state index is 12.6. The minimum absolute atomic E-state index is 0.0957. The third-order valence-corrected chi connectivity index (χ3v) is 7.40. The number of hydrogen-bond donors (Lipinski definition) is 1. The van der Waals surface area contributed by atoms with E-state index < -0.39 is 10.0 Å². The van der Waals surface area contributed by atoms with Crippen LogP contribution in [0.15, 0.2) is 47.4 Å². The molecule has 0 spiro atoms. The van der Waals surface area contributed by atoms with E-state index in [9.17, 15) is 13.2 Å². The van der Waals surface area contributed by atoms with Crippen molar-refractivity contribution >= 4 is 39.1 Å². The van der Waals surface area contributed by atoms with Crippen LogP contribution < -0.4 is 10.1 Å². The second kappa shape index (κ2) is 11.2. The Balaban J connectivity index is 1.39. The van der Waals surface area contributed by atoms with Gasteiger partial charge in [0, 0.05) is 19.5 Å². The van der Waals surface area contributed by atoms with Gasteiger partial charge in [0.25, 0.3) is 0 Å². The largest absolute Gasteiger partial charge is 0.492 e. The van der Waals surface area contributed by atoms with E-state index in [2.05, 4.69) is 5.32 Å². The molecule has 1 saturated heterocycles. The van der Waals surface area contributed by atoms with Gasteiger partial charge in [0.2, 0.25) is 15.9 Å².